The van der Waals surface area contributed by atoms with E-state index in [4.69, 9.17) is 26.1 Å². The van der Waals surface area contributed by atoms with Gasteiger partial charge in [0.1, 0.15) is 17.3 Å². The van der Waals surface area contributed by atoms with E-state index in [2.05, 4.69) is 22.0 Å². The van der Waals surface area contributed by atoms with Gasteiger partial charge in [0, 0.05) is 23.6 Å². The highest BCUT2D eigenvalue weighted by Crippen LogP contribution is 2.23. The lowest BCUT2D eigenvalue weighted by atomic mass is 10.2. The minimum Gasteiger partial charge on any atom is -0.496 e. The van der Waals surface area contributed by atoms with E-state index in [0.717, 1.165) is 41.0 Å². The molecular weight excluding hydrogens is 438 g/mol. The minimum atomic E-state index is -0.160. The Labute approximate surface area is 198 Å². The summed E-state index contributed by atoms with van der Waals surface area (Å²) in [5, 5.41) is 3.54. The van der Waals surface area contributed by atoms with Crippen molar-refractivity contribution < 1.29 is 14.3 Å². The number of halogens is 1. The number of aryl methyl sites for hydroxylation is 1. The van der Waals surface area contributed by atoms with Gasteiger partial charge in [-0.2, -0.15) is 0 Å². The number of aromatic nitrogens is 2. The number of nitrogens with one attached hydrogen (secondary N) is 1. The molecule has 0 radical (unpaired) electrons. The summed E-state index contributed by atoms with van der Waals surface area (Å²) in [6, 6.07) is 23.1. The Kier molecular flexibility index (Phi) is 7.47. The SMILES string of the molecule is COc1ccccc1Cn1c(CCCNC(=O)COc2ccc(Cl)cc2)nc2ccccc21. The van der Waals surface area contributed by atoms with Gasteiger partial charge in [-0.15, -0.1) is 0 Å². The predicted molar refractivity (Wildman–Crippen MR) is 130 cm³/mol. The standard InChI is InChI=1S/C26H26ClN3O3/c1-32-24-10-5-2-7-19(24)17-30-23-9-4-3-8-22(23)29-25(30)11-6-16-28-26(31)18-33-21-14-12-20(27)13-15-21/h2-5,7-10,12-15H,6,11,16-18H2,1H3,(H,28,31). The molecule has 0 saturated heterocycles. The molecule has 1 heterocycles. The summed E-state index contributed by atoms with van der Waals surface area (Å²) in [4.78, 5) is 17.0. The molecule has 4 aromatic rings. The highest BCUT2D eigenvalue weighted by atomic mass is 35.5. The summed E-state index contributed by atoms with van der Waals surface area (Å²) >= 11 is 5.86. The molecule has 0 saturated carbocycles. The van der Waals surface area contributed by atoms with E-state index in [1.165, 1.54) is 0 Å². The first-order valence-electron chi connectivity index (χ1n) is 10.8. The van der Waals surface area contributed by atoms with Crippen molar-refractivity contribution in [3.63, 3.8) is 0 Å². The van der Waals surface area contributed by atoms with Crippen LogP contribution in [0, 0.1) is 0 Å². The summed E-state index contributed by atoms with van der Waals surface area (Å²) in [7, 11) is 1.69. The van der Waals surface area contributed by atoms with Crippen LogP contribution in [0.15, 0.2) is 72.8 Å². The second-order valence-electron chi connectivity index (χ2n) is 7.61. The molecule has 170 valence electrons. The molecule has 0 bridgehead atoms. The number of fused-ring (bicyclic) bond motifs is 1. The smallest absolute Gasteiger partial charge is 0.257 e. The first kappa shape index (κ1) is 22.7. The zero-order valence-corrected chi connectivity index (χ0v) is 19.2. The number of imidazole rings is 1. The van der Waals surface area contributed by atoms with Crippen LogP contribution in [-0.4, -0.2) is 35.7 Å². The van der Waals surface area contributed by atoms with Gasteiger partial charge in [-0.05, 0) is 48.9 Å². The van der Waals surface area contributed by atoms with Crippen LogP contribution >= 0.6 is 11.6 Å². The molecule has 6 nitrogen and oxygen atoms in total. The van der Waals surface area contributed by atoms with Crippen LogP contribution in [0.4, 0.5) is 0 Å². The number of hydrogen-bond acceptors (Lipinski definition) is 4. The minimum absolute atomic E-state index is 0.0338. The Morgan fingerprint density at radius 1 is 1.03 bits per heavy atom. The van der Waals surface area contributed by atoms with Crippen molar-refractivity contribution in [2.75, 3.05) is 20.3 Å². The number of carbonyl (C=O) groups excluding carboxylic acids is 1. The third-order valence-electron chi connectivity index (χ3n) is 5.34. The van der Waals surface area contributed by atoms with E-state index in [-0.39, 0.29) is 12.5 Å². The number of ether oxygens (including phenoxy) is 2. The zero-order chi connectivity index (χ0) is 23.0. The summed E-state index contributed by atoms with van der Waals surface area (Å²) in [5.74, 6) is 2.29. The maximum atomic E-state index is 12.1. The second kappa shape index (κ2) is 10.9. The van der Waals surface area contributed by atoms with Gasteiger partial charge in [0.05, 0.1) is 24.7 Å². The molecule has 1 aromatic heterocycles. The van der Waals surface area contributed by atoms with Crippen LogP contribution in [0.25, 0.3) is 11.0 Å². The van der Waals surface area contributed by atoms with Crippen LogP contribution in [-0.2, 0) is 17.8 Å². The molecule has 0 unspecified atom stereocenters. The summed E-state index contributed by atoms with van der Waals surface area (Å²) in [5.41, 5.74) is 3.14. The Morgan fingerprint density at radius 2 is 1.79 bits per heavy atom. The Morgan fingerprint density at radius 3 is 2.61 bits per heavy atom. The van der Waals surface area contributed by atoms with Gasteiger partial charge in [0.2, 0.25) is 0 Å². The monoisotopic (exact) mass is 463 g/mol. The van der Waals surface area contributed by atoms with Crippen molar-refractivity contribution in [2.24, 2.45) is 0 Å². The fourth-order valence-electron chi connectivity index (χ4n) is 3.70. The number of amides is 1. The second-order valence-corrected chi connectivity index (χ2v) is 8.05. The lowest BCUT2D eigenvalue weighted by Gasteiger charge is -2.13. The third kappa shape index (κ3) is 5.84. The topological polar surface area (TPSA) is 65.4 Å². The Balaban J connectivity index is 1.36. The zero-order valence-electron chi connectivity index (χ0n) is 18.5. The maximum absolute atomic E-state index is 12.1. The molecule has 0 aliphatic carbocycles. The van der Waals surface area contributed by atoms with E-state index < -0.39 is 0 Å². The van der Waals surface area contributed by atoms with Crippen molar-refractivity contribution in [3.05, 3.63) is 89.2 Å². The third-order valence-corrected chi connectivity index (χ3v) is 5.59. The van der Waals surface area contributed by atoms with Crippen molar-refractivity contribution in [1.29, 1.82) is 0 Å². The fraction of sp³-hybridized carbons (Fsp3) is 0.231. The molecule has 0 aliphatic heterocycles. The highest BCUT2D eigenvalue weighted by Gasteiger charge is 2.13. The molecule has 0 atom stereocenters. The van der Waals surface area contributed by atoms with Crippen molar-refractivity contribution in [2.45, 2.75) is 19.4 Å². The number of hydrogen-bond donors (Lipinski definition) is 1. The van der Waals surface area contributed by atoms with E-state index in [0.29, 0.717) is 23.9 Å². The average Bonchev–Trinajstić information content (AvgIpc) is 3.19. The molecule has 33 heavy (non-hydrogen) atoms. The van der Waals surface area contributed by atoms with E-state index in [1.54, 1.807) is 31.4 Å². The van der Waals surface area contributed by atoms with Crippen molar-refractivity contribution in [1.82, 2.24) is 14.9 Å². The number of nitrogens with zero attached hydrogens (tertiary/aromatic N) is 2. The number of rotatable bonds is 10. The number of carbonyl (C=O) groups is 1. The number of methoxy groups -OCH3 is 1. The number of para-hydroxylation sites is 3. The van der Waals surface area contributed by atoms with Crippen LogP contribution in [0.2, 0.25) is 5.02 Å². The quantitative estimate of drug-likeness (QED) is 0.340. The van der Waals surface area contributed by atoms with Gasteiger partial charge < -0.3 is 19.4 Å². The average molecular weight is 464 g/mol. The van der Waals surface area contributed by atoms with Crippen LogP contribution in [0.3, 0.4) is 0 Å². The van der Waals surface area contributed by atoms with E-state index in [1.807, 2.05) is 36.4 Å². The Hall–Kier alpha value is -3.51. The Bertz CT molecular complexity index is 1220. The lowest BCUT2D eigenvalue weighted by Crippen LogP contribution is -2.30. The molecule has 1 amide bonds. The maximum Gasteiger partial charge on any atom is 0.257 e. The fourth-order valence-corrected chi connectivity index (χ4v) is 3.83. The van der Waals surface area contributed by atoms with Crippen LogP contribution in [0.1, 0.15) is 17.8 Å². The number of benzene rings is 3. The van der Waals surface area contributed by atoms with Gasteiger partial charge in [-0.3, -0.25) is 4.79 Å². The van der Waals surface area contributed by atoms with Crippen LogP contribution in [0.5, 0.6) is 11.5 Å². The van der Waals surface area contributed by atoms with Gasteiger partial charge in [0.25, 0.3) is 5.91 Å². The molecular formula is C26H26ClN3O3. The molecule has 4 rings (SSSR count). The molecule has 7 heteroatoms. The van der Waals surface area contributed by atoms with Gasteiger partial charge >= 0.3 is 0 Å². The summed E-state index contributed by atoms with van der Waals surface area (Å²) in [6.45, 7) is 1.18. The first-order valence-corrected chi connectivity index (χ1v) is 11.2. The largest absolute Gasteiger partial charge is 0.496 e. The van der Waals surface area contributed by atoms with Crippen LogP contribution < -0.4 is 14.8 Å². The van der Waals surface area contributed by atoms with Crippen molar-refractivity contribution in [3.8, 4) is 11.5 Å². The predicted octanol–water partition coefficient (Wildman–Crippen LogP) is 4.87. The normalized spacial score (nSPS) is 10.8. The molecule has 0 aliphatic rings. The molecule has 3 aromatic carbocycles. The molecule has 1 N–H and O–H groups in total. The summed E-state index contributed by atoms with van der Waals surface area (Å²) < 4.78 is 13.2. The van der Waals surface area contributed by atoms with Gasteiger partial charge in [0.15, 0.2) is 6.61 Å². The van der Waals surface area contributed by atoms with E-state index in [9.17, 15) is 4.79 Å². The van der Waals surface area contributed by atoms with E-state index >= 15 is 0 Å². The molecule has 0 spiro atoms. The lowest BCUT2D eigenvalue weighted by molar-refractivity contribution is -0.123. The summed E-state index contributed by atoms with van der Waals surface area (Å²) in [6.07, 6.45) is 1.50. The molecule has 0 fully saturated rings. The van der Waals surface area contributed by atoms with Gasteiger partial charge in [-0.25, -0.2) is 4.98 Å². The first-order chi connectivity index (χ1) is 16.1. The van der Waals surface area contributed by atoms with Gasteiger partial charge in [-0.1, -0.05) is 41.9 Å². The highest BCUT2D eigenvalue weighted by molar-refractivity contribution is 6.30. The van der Waals surface area contributed by atoms with Crippen molar-refractivity contribution >= 4 is 28.5 Å².